The number of anilines is 3. The van der Waals surface area contributed by atoms with Crippen molar-refractivity contribution in [1.82, 2.24) is 4.31 Å². The summed E-state index contributed by atoms with van der Waals surface area (Å²) in [7, 11) is -3.61. The van der Waals surface area contributed by atoms with Crippen LogP contribution in [-0.4, -0.2) is 37.8 Å². The fraction of sp³-hybridized carbons (Fsp3) is 0.250. The minimum absolute atomic E-state index is 0.141. The molecule has 3 aromatic rings. The number of carbonyl (C=O) groups is 2. The van der Waals surface area contributed by atoms with E-state index >= 15 is 0 Å². The molecule has 1 saturated heterocycles. The van der Waals surface area contributed by atoms with E-state index < -0.39 is 22.0 Å². The van der Waals surface area contributed by atoms with E-state index in [1.165, 1.54) is 15.6 Å². The number of benzene rings is 2. The van der Waals surface area contributed by atoms with Crippen LogP contribution < -0.4 is 16.0 Å². The van der Waals surface area contributed by atoms with E-state index in [-0.39, 0.29) is 12.5 Å². The van der Waals surface area contributed by atoms with Gasteiger partial charge in [-0.1, -0.05) is 24.3 Å². The number of nitrogens with zero attached hydrogens (tertiary/aromatic N) is 1. The summed E-state index contributed by atoms with van der Waals surface area (Å²) in [5, 5.41) is 8.34. The third-order valence-corrected chi connectivity index (χ3v) is 8.82. The molecule has 1 aromatic heterocycles. The van der Waals surface area contributed by atoms with Crippen LogP contribution in [-0.2, 0) is 14.8 Å². The molecule has 2 aromatic carbocycles. The first-order chi connectivity index (χ1) is 16.3. The molecule has 0 bridgehead atoms. The van der Waals surface area contributed by atoms with E-state index in [2.05, 4.69) is 16.0 Å². The maximum absolute atomic E-state index is 13.0. The van der Waals surface area contributed by atoms with E-state index in [1.54, 1.807) is 48.5 Å². The fourth-order valence-corrected chi connectivity index (χ4v) is 6.75. The molecule has 3 N–H and O–H groups in total. The molecule has 0 saturated carbocycles. The number of rotatable bonds is 6. The van der Waals surface area contributed by atoms with Gasteiger partial charge in [0.25, 0.3) is 10.0 Å². The number of piperidine rings is 1. The van der Waals surface area contributed by atoms with E-state index in [0.29, 0.717) is 40.7 Å². The number of hydrogen-bond acceptors (Lipinski definition) is 5. The SMILES string of the molecule is Cc1ccc(S(=O)(=O)N2CCCC(C(=O)Nc3cccc(NC(=O)Nc4ccccc4)c3)C2)s1. The molecular weight excluding hydrogens is 472 g/mol. The molecule has 1 fully saturated rings. The van der Waals surface area contributed by atoms with Gasteiger partial charge < -0.3 is 16.0 Å². The number of para-hydroxylation sites is 1. The molecule has 1 atom stereocenters. The van der Waals surface area contributed by atoms with Gasteiger partial charge in [-0.05, 0) is 62.2 Å². The number of amides is 3. The lowest BCUT2D eigenvalue weighted by atomic mass is 9.98. The average molecular weight is 499 g/mol. The summed E-state index contributed by atoms with van der Waals surface area (Å²) in [5.41, 5.74) is 1.71. The third kappa shape index (κ3) is 5.82. The van der Waals surface area contributed by atoms with Gasteiger partial charge in [-0.3, -0.25) is 4.79 Å². The predicted molar refractivity (Wildman–Crippen MR) is 135 cm³/mol. The van der Waals surface area contributed by atoms with Crippen molar-refractivity contribution >= 4 is 50.4 Å². The minimum Gasteiger partial charge on any atom is -0.326 e. The van der Waals surface area contributed by atoms with Gasteiger partial charge in [0.15, 0.2) is 0 Å². The Morgan fingerprint density at radius 1 is 0.912 bits per heavy atom. The van der Waals surface area contributed by atoms with Crippen LogP contribution in [0.25, 0.3) is 0 Å². The zero-order valence-corrected chi connectivity index (χ0v) is 20.3. The monoisotopic (exact) mass is 498 g/mol. The van der Waals surface area contributed by atoms with E-state index in [1.807, 2.05) is 25.1 Å². The molecule has 34 heavy (non-hydrogen) atoms. The Labute approximate surface area is 203 Å². The second-order valence-corrected chi connectivity index (χ2v) is 11.5. The molecule has 10 heteroatoms. The summed E-state index contributed by atoms with van der Waals surface area (Å²) >= 11 is 1.24. The van der Waals surface area contributed by atoms with Crippen molar-refractivity contribution in [2.75, 3.05) is 29.0 Å². The summed E-state index contributed by atoms with van der Waals surface area (Å²) < 4.78 is 27.6. The molecule has 8 nitrogen and oxygen atoms in total. The summed E-state index contributed by atoms with van der Waals surface area (Å²) in [5.74, 6) is -0.698. The zero-order chi connectivity index (χ0) is 24.1. The lowest BCUT2D eigenvalue weighted by Crippen LogP contribution is -2.43. The van der Waals surface area contributed by atoms with Crippen molar-refractivity contribution in [3.05, 3.63) is 71.6 Å². The number of hydrogen-bond donors (Lipinski definition) is 3. The number of sulfonamides is 1. The normalized spacial score (nSPS) is 16.6. The minimum atomic E-state index is -3.61. The van der Waals surface area contributed by atoms with Crippen LogP contribution in [0.1, 0.15) is 17.7 Å². The highest BCUT2D eigenvalue weighted by atomic mass is 32.2. The molecular formula is C24H26N4O4S2. The smallest absolute Gasteiger partial charge is 0.323 e. The average Bonchev–Trinajstić information content (AvgIpc) is 3.27. The van der Waals surface area contributed by atoms with Gasteiger partial charge >= 0.3 is 6.03 Å². The molecule has 3 amide bonds. The molecule has 0 radical (unpaired) electrons. The summed E-state index contributed by atoms with van der Waals surface area (Å²) in [6.45, 7) is 2.41. The molecule has 1 aliphatic heterocycles. The van der Waals surface area contributed by atoms with Crippen molar-refractivity contribution < 1.29 is 18.0 Å². The summed E-state index contributed by atoms with van der Waals surface area (Å²) in [4.78, 5) is 26.1. The first-order valence-electron chi connectivity index (χ1n) is 10.9. The molecule has 4 rings (SSSR count). The standard InChI is InChI=1S/C24H26N4O4S2/c1-17-12-13-22(33-17)34(31,32)28-14-6-7-18(16-28)23(29)25-20-10-5-11-21(15-20)27-24(30)26-19-8-3-2-4-9-19/h2-5,8-13,15,18H,6-7,14,16H2,1H3,(H,25,29)(H2,26,27,30). The zero-order valence-electron chi connectivity index (χ0n) is 18.7. The van der Waals surface area contributed by atoms with Crippen molar-refractivity contribution in [1.29, 1.82) is 0 Å². The first-order valence-corrected chi connectivity index (χ1v) is 13.2. The van der Waals surface area contributed by atoms with Crippen LogP contribution in [0.3, 0.4) is 0 Å². The van der Waals surface area contributed by atoms with Gasteiger partial charge in [0.1, 0.15) is 4.21 Å². The van der Waals surface area contributed by atoms with Crippen molar-refractivity contribution in [2.24, 2.45) is 5.92 Å². The Hall–Kier alpha value is -3.21. The number of carbonyl (C=O) groups excluding carboxylic acids is 2. The largest absolute Gasteiger partial charge is 0.326 e. The van der Waals surface area contributed by atoms with E-state index in [9.17, 15) is 18.0 Å². The molecule has 0 spiro atoms. The molecule has 2 heterocycles. The van der Waals surface area contributed by atoms with Gasteiger partial charge in [-0.2, -0.15) is 4.31 Å². The Morgan fingerprint density at radius 2 is 1.59 bits per heavy atom. The van der Waals surface area contributed by atoms with Crippen LogP contribution in [0.15, 0.2) is 70.9 Å². The second kappa shape index (κ2) is 10.4. The van der Waals surface area contributed by atoms with Gasteiger partial charge in [0, 0.05) is 35.0 Å². The van der Waals surface area contributed by atoms with Crippen molar-refractivity contribution in [3.8, 4) is 0 Å². The molecule has 1 aliphatic rings. The number of aryl methyl sites for hydroxylation is 1. The van der Waals surface area contributed by atoms with E-state index in [4.69, 9.17) is 0 Å². The Bertz CT molecular complexity index is 1270. The molecule has 0 aliphatic carbocycles. The van der Waals surface area contributed by atoms with Gasteiger partial charge in [-0.15, -0.1) is 11.3 Å². The van der Waals surface area contributed by atoms with Crippen LogP contribution in [0.4, 0.5) is 21.9 Å². The van der Waals surface area contributed by atoms with Gasteiger partial charge in [-0.25, -0.2) is 13.2 Å². The fourth-order valence-electron chi connectivity index (χ4n) is 3.79. The Morgan fingerprint density at radius 3 is 2.29 bits per heavy atom. The Kier molecular flexibility index (Phi) is 7.30. The highest BCUT2D eigenvalue weighted by Crippen LogP contribution is 2.29. The van der Waals surface area contributed by atoms with Crippen molar-refractivity contribution in [3.63, 3.8) is 0 Å². The molecule has 178 valence electrons. The van der Waals surface area contributed by atoms with Crippen LogP contribution in [0.2, 0.25) is 0 Å². The Balaban J connectivity index is 1.37. The highest BCUT2D eigenvalue weighted by Gasteiger charge is 2.34. The number of thiophene rings is 1. The third-order valence-electron chi connectivity index (χ3n) is 5.48. The quantitative estimate of drug-likeness (QED) is 0.456. The lowest BCUT2D eigenvalue weighted by Gasteiger charge is -2.30. The highest BCUT2D eigenvalue weighted by molar-refractivity contribution is 7.91. The topological polar surface area (TPSA) is 108 Å². The summed E-state index contributed by atoms with van der Waals surface area (Å²) in [6, 6.07) is 18.9. The first kappa shape index (κ1) is 23.9. The summed E-state index contributed by atoms with van der Waals surface area (Å²) in [6.07, 6.45) is 1.22. The predicted octanol–water partition coefficient (Wildman–Crippen LogP) is 4.74. The number of nitrogens with one attached hydrogen (secondary N) is 3. The maximum atomic E-state index is 13.0. The molecule has 1 unspecified atom stereocenters. The second-order valence-electron chi connectivity index (χ2n) is 8.08. The van der Waals surface area contributed by atoms with Gasteiger partial charge in [0.2, 0.25) is 5.91 Å². The van der Waals surface area contributed by atoms with Crippen molar-refractivity contribution in [2.45, 2.75) is 24.0 Å². The van der Waals surface area contributed by atoms with Crippen LogP contribution in [0.5, 0.6) is 0 Å². The van der Waals surface area contributed by atoms with Gasteiger partial charge in [0.05, 0.1) is 5.92 Å². The van der Waals surface area contributed by atoms with Crippen LogP contribution in [0, 0.1) is 12.8 Å². The lowest BCUT2D eigenvalue weighted by molar-refractivity contribution is -0.120. The number of urea groups is 1. The van der Waals surface area contributed by atoms with E-state index in [0.717, 1.165) is 4.88 Å². The maximum Gasteiger partial charge on any atom is 0.323 e. The van der Waals surface area contributed by atoms with Crippen LogP contribution >= 0.6 is 11.3 Å².